The van der Waals surface area contributed by atoms with Crippen molar-refractivity contribution in [1.29, 1.82) is 0 Å². The zero-order valence-electron chi connectivity index (χ0n) is 11.2. The van der Waals surface area contributed by atoms with Crippen LogP contribution >= 0.6 is 7.82 Å². The van der Waals surface area contributed by atoms with Gasteiger partial charge in [0.15, 0.2) is 0 Å². The molecule has 0 amide bonds. The zero-order valence-corrected chi connectivity index (χ0v) is 12.1. The molecule has 0 aromatic carbocycles. The third-order valence-electron chi connectivity index (χ3n) is 4.82. The quantitative estimate of drug-likeness (QED) is 0.749. The van der Waals surface area contributed by atoms with E-state index in [2.05, 4.69) is 4.52 Å². The number of ether oxygens (including phenoxy) is 2. The lowest BCUT2D eigenvalue weighted by Crippen LogP contribution is -2.28. The standard InChI is InChI=1S/C12H21O6P/c1-15-9-5-10(12-7-3-4-8(7)12)18-11(9)6-17-19(13,14)16-2/h7-12H,3-6H2,1-2H3,(H,13,14)/t7?,8?,9-,10-,11?,12?/m1/s1. The monoisotopic (exact) mass is 292 g/mol. The van der Waals surface area contributed by atoms with E-state index in [0.717, 1.165) is 25.4 Å². The fourth-order valence-electron chi connectivity index (χ4n) is 3.57. The van der Waals surface area contributed by atoms with Crippen molar-refractivity contribution in [3.8, 4) is 0 Å². The molecule has 6 nitrogen and oxygen atoms in total. The molecule has 6 atom stereocenters. The molecule has 1 heterocycles. The molecule has 0 bridgehead atoms. The van der Waals surface area contributed by atoms with Crippen LogP contribution in [-0.2, 0) is 23.1 Å². The highest BCUT2D eigenvalue weighted by atomic mass is 31.2. The minimum atomic E-state index is -3.94. The van der Waals surface area contributed by atoms with Crippen LogP contribution in [0.15, 0.2) is 0 Å². The summed E-state index contributed by atoms with van der Waals surface area (Å²) < 4.78 is 32.0. The summed E-state index contributed by atoms with van der Waals surface area (Å²) in [4.78, 5) is 9.24. The molecule has 2 saturated carbocycles. The second-order valence-electron chi connectivity index (χ2n) is 5.65. The van der Waals surface area contributed by atoms with E-state index in [1.165, 1.54) is 12.8 Å². The molecule has 4 unspecified atom stereocenters. The molecule has 0 radical (unpaired) electrons. The molecule has 2 aliphatic carbocycles. The van der Waals surface area contributed by atoms with Crippen LogP contribution < -0.4 is 0 Å². The summed E-state index contributed by atoms with van der Waals surface area (Å²) in [7, 11) is -1.15. The molecule has 3 aliphatic rings. The molecule has 0 spiro atoms. The predicted molar refractivity (Wildman–Crippen MR) is 66.6 cm³/mol. The topological polar surface area (TPSA) is 74.2 Å². The van der Waals surface area contributed by atoms with Gasteiger partial charge in [-0.15, -0.1) is 0 Å². The first kappa shape index (κ1) is 14.0. The van der Waals surface area contributed by atoms with E-state index in [1.54, 1.807) is 7.11 Å². The SMILES string of the molecule is CO[C@@H]1C[C@H](C2C3CCC32)OC1COP(=O)(O)OC. The van der Waals surface area contributed by atoms with Gasteiger partial charge in [0.25, 0.3) is 0 Å². The van der Waals surface area contributed by atoms with Gasteiger partial charge in [-0.25, -0.2) is 4.57 Å². The fourth-order valence-corrected chi connectivity index (χ4v) is 4.01. The van der Waals surface area contributed by atoms with Gasteiger partial charge in [-0.05, 0) is 30.6 Å². The number of hydrogen-bond acceptors (Lipinski definition) is 5. The van der Waals surface area contributed by atoms with E-state index >= 15 is 0 Å². The smallest absolute Gasteiger partial charge is 0.379 e. The summed E-state index contributed by atoms with van der Waals surface area (Å²) in [5, 5.41) is 0. The number of phosphoric acid groups is 1. The largest absolute Gasteiger partial charge is 0.472 e. The van der Waals surface area contributed by atoms with Crippen LogP contribution in [-0.4, -0.2) is 44.0 Å². The minimum absolute atomic E-state index is 0.0265. The summed E-state index contributed by atoms with van der Waals surface area (Å²) >= 11 is 0. The van der Waals surface area contributed by atoms with Crippen LogP contribution in [0.3, 0.4) is 0 Å². The highest BCUT2D eigenvalue weighted by Gasteiger charge is 2.61. The number of fused-ring (bicyclic) bond motifs is 1. The third kappa shape index (κ3) is 2.62. The van der Waals surface area contributed by atoms with Gasteiger partial charge in [0.05, 0.1) is 18.8 Å². The van der Waals surface area contributed by atoms with Crippen molar-refractivity contribution in [2.75, 3.05) is 20.8 Å². The molecular formula is C12H21O6P. The van der Waals surface area contributed by atoms with Crippen molar-refractivity contribution >= 4 is 7.82 Å². The summed E-state index contributed by atoms with van der Waals surface area (Å²) in [5.41, 5.74) is 0. The normalized spacial score (nSPS) is 47.3. The molecule has 1 N–H and O–H groups in total. The van der Waals surface area contributed by atoms with E-state index in [1.807, 2.05) is 0 Å². The first-order valence-electron chi connectivity index (χ1n) is 6.77. The maximum atomic E-state index is 11.3. The Balaban J connectivity index is 1.54. The Hall–Kier alpha value is 0.0300. The van der Waals surface area contributed by atoms with Crippen LogP contribution in [0.4, 0.5) is 0 Å². The molecule has 19 heavy (non-hydrogen) atoms. The van der Waals surface area contributed by atoms with Gasteiger partial charge in [-0.2, -0.15) is 0 Å². The Morgan fingerprint density at radius 1 is 1.32 bits per heavy atom. The van der Waals surface area contributed by atoms with Crippen molar-refractivity contribution < 1.29 is 28.0 Å². The van der Waals surface area contributed by atoms with Crippen molar-refractivity contribution in [3.63, 3.8) is 0 Å². The number of phosphoric ester groups is 1. The number of rotatable bonds is 6. The second-order valence-corrected chi connectivity index (χ2v) is 7.21. The van der Waals surface area contributed by atoms with E-state index < -0.39 is 7.82 Å². The third-order valence-corrected chi connectivity index (χ3v) is 5.76. The maximum Gasteiger partial charge on any atom is 0.472 e. The minimum Gasteiger partial charge on any atom is -0.379 e. The van der Waals surface area contributed by atoms with Gasteiger partial charge in [0.2, 0.25) is 0 Å². The molecule has 1 aliphatic heterocycles. The molecule has 0 aromatic rings. The van der Waals surface area contributed by atoms with Gasteiger partial charge in [0.1, 0.15) is 6.10 Å². The highest BCUT2D eigenvalue weighted by Crippen LogP contribution is 2.64. The Kier molecular flexibility index (Phi) is 3.75. The lowest BCUT2D eigenvalue weighted by Gasteiger charge is -2.18. The highest BCUT2D eigenvalue weighted by molar-refractivity contribution is 7.47. The van der Waals surface area contributed by atoms with E-state index in [0.29, 0.717) is 5.92 Å². The van der Waals surface area contributed by atoms with Gasteiger partial charge >= 0.3 is 7.82 Å². The van der Waals surface area contributed by atoms with Gasteiger partial charge < -0.3 is 14.4 Å². The van der Waals surface area contributed by atoms with Crippen molar-refractivity contribution in [2.24, 2.45) is 17.8 Å². The summed E-state index contributed by atoms with van der Waals surface area (Å²) in [6.45, 7) is 0.0265. The first-order chi connectivity index (χ1) is 9.05. The fraction of sp³-hybridized carbons (Fsp3) is 1.00. The number of hydrogen-bond donors (Lipinski definition) is 1. The predicted octanol–water partition coefficient (Wildman–Crippen LogP) is 1.58. The zero-order chi connectivity index (χ0) is 13.6. The lowest BCUT2D eigenvalue weighted by molar-refractivity contribution is -0.0394. The molecule has 3 fully saturated rings. The molecule has 3 rings (SSSR count). The van der Waals surface area contributed by atoms with E-state index in [4.69, 9.17) is 14.0 Å². The number of methoxy groups -OCH3 is 1. The molecule has 0 aromatic heterocycles. The van der Waals surface area contributed by atoms with Crippen molar-refractivity contribution in [1.82, 2.24) is 0 Å². The van der Waals surface area contributed by atoms with Crippen LogP contribution in [0.1, 0.15) is 19.3 Å². The van der Waals surface area contributed by atoms with Crippen molar-refractivity contribution in [3.05, 3.63) is 0 Å². The van der Waals surface area contributed by atoms with E-state index in [-0.39, 0.29) is 24.9 Å². The Morgan fingerprint density at radius 3 is 2.53 bits per heavy atom. The summed E-state index contributed by atoms with van der Waals surface area (Å²) in [6.07, 6.45) is 3.36. The van der Waals surface area contributed by atoms with Gasteiger partial charge in [-0.3, -0.25) is 9.05 Å². The molecule has 110 valence electrons. The van der Waals surface area contributed by atoms with Crippen LogP contribution in [0.25, 0.3) is 0 Å². The molecular weight excluding hydrogens is 271 g/mol. The Labute approximate surface area is 113 Å². The van der Waals surface area contributed by atoms with Crippen LogP contribution in [0.5, 0.6) is 0 Å². The van der Waals surface area contributed by atoms with Crippen LogP contribution in [0.2, 0.25) is 0 Å². The van der Waals surface area contributed by atoms with Crippen molar-refractivity contribution in [2.45, 2.75) is 37.6 Å². The summed E-state index contributed by atoms with van der Waals surface area (Å²) in [5.74, 6) is 2.38. The van der Waals surface area contributed by atoms with Gasteiger partial charge in [-0.1, -0.05) is 0 Å². The average molecular weight is 292 g/mol. The lowest BCUT2D eigenvalue weighted by atomic mass is 10.0. The Morgan fingerprint density at radius 2 is 2.00 bits per heavy atom. The molecule has 7 heteroatoms. The second kappa shape index (κ2) is 5.10. The van der Waals surface area contributed by atoms with Crippen LogP contribution in [0, 0.1) is 17.8 Å². The van der Waals surface area contributed by atoms with Gasteiger partial charge in [0, 0.05) is 20.6 Å². The average Bonchev–Trinajstić information content (AvgIpc) is 2.75. The maximum absolute atomic E-state index is 11.3. The molecule has 1 saturated heterocycles. The Bertz CT molecular complexity index is 378. The first-order valence-corrected chi connectivity index (χ1v) is 8.26. The van der Waals surface area contributed by atoms with E-state index in [9.17, 15) is 9.46 Å². The summed E-state index contributed by atoms with van der Waals surface area (Å²) in [6, 6.07) is 0.